The zero-order valence-corrected chi connectivity index (χ0v) is 6.76. The number of benzene rings is 1. The molecule has 0 radical (unpaired) electrons. The molecule has 1 aromatic carbocycles. The fraction of sp³-hybridized carbons (Fsp3) is 0.222. The van der Waals surface area contributed by atoms with E-state index in [4.69, 9.17) is 5.11 Å². The first-order valence-electron chi connectivity index (χ1n) is 3.73. The molecule has 0 saturated carbocycles. The van der Waals surface area contributed by atoms with E-state index in [-0.39, 0.29) is 24.9 Å². The van der Waals surface area contributed by atoms with Crippen molar-refractivity contribution in [2.75, 3.05) is 6.61 Å². The third kappa shape index (κ3) is 2.09. The third-order valence-electron chi connectivity index (χ3n) is 1.64. The number of halogens is 2. The largest absolute Gasteiger partial charge is 0.396 e. The Morgan fingerprint density at radius 1 is 1.38 bits per heavy atom. The van der Waals surface area contributed by atoms with Gasteiger partial charge in [-0.05, 0) is 24.1 Å². The standard InChI is InChI=1S/C9H8F2O2/c10-8-4-6(1-2-12)3-7(5-13)9(8)11/h3-5,12H,1-2H2. The summed E-state index contributed by atoms with van der Waals surface area (Å²) in [4.78, 5) is 10.3. The Morgan fingerprint density at radius 2 is 2.08 bits per heavy atom. The van der Waals surface area contributed by atoms with Gasteiger partial charge in [0.15, 0.2) is 17.9 Å². The van der Waals surface area contributed by atoms with Crippen LogP contribution in [0.5, 0.6) is 0 Å². The van der Waals surface area contributed by atoms with E-state index < -0.39 is 11.6 Å². The minimum Gasteiger partial charge on any atom is -0.396 e. The van der Waals surface area contributed by atoms with Gasteiger partial charge >= 0.3 is 0 Å². The highest BCUT2D eigenvalue weighted by Crippen LogP contribution is 2.13. The molecule has 1 N–H and O–H groups in total. The maximum absolute atomic E-state index is 12.8. The minimum atomic E-state index is -1.14. The molecule has 70 valence electrons. The molecule has 1 aromatic rings. The van der Waals surface area contributed by atoms with Crippen molar-refractivity contribution in [1.29, 1.82) is 0 Å². The van der Waals surface area contributed by atoms with Crippen LogP contribution in [-0.2, 0) is 6.42 Å². The second-order valence-electron chi connectivity index (χ2n) is 2.57. The van der Waals surface area contributed by atoms with Crippen LogP contribution in [0.1, 0.15) is 15.9 Å². The summed E-state index contributed by atoms with van der Waals surface area (Å²) in [6.07, 6.45) is 0.456. The zero-order chi connectivity index (χ0) is 9.84. The summed E-state index contributed by atoms with van der Waals surface area (Å²) in [6.45, 7) is -0.163. The lowest BCUT2D eigenvalue weighted by Crippen LogP contribution is -1.98. The monoisotopic (exact) mass is 186 g/mol. The lowest BCUT2D eigenvalue weighted by Gasteiger charge is -2.01. The Balaban J connectivity index is 3.14. The van der Waals surface area contributed by atoms with Gasteiger partial charge in [-0.15, -0.1) is 0 Å². The number of carbonyl (C=O) groups excluding carboxylic acids is 1. The molecule has 0 unspecified atom stereocenters. The van der Waals surface area contributed by atoms with E-state index in [0.29, 0.717) is 5.56 Å². The van der Waals surface area contributed by atoms with Crippen LogP contribution in [0.4, 0.5) is 8.78 Å². The average Bonchev–Trinajstić information content (AvgIpc) is 2.11. The highest BCUT2D eigenvalue weighted by atomic mass is 19.2. The highest BCUT2D eigenvalue weighted by Gasteiger charge is 2.09. The Hall–Kier alpha value is -1.29. The molecular formula is C9H8F2O2. The summed E-state index contributed by atoms with van der Waals surface area (Å²) < 4.78 is 25.5. The van der Waals surface area contributed by atoms with Crippen molar-refractivity contribution in [3.8, 4) is 0 Å². The molecule has 1 rings (SSSR count). The number of aliphatic hydroxyl groups is 1. The predicted molar refractivity (Wildman–Crippen MR) is 42.5 cm³/mol. The van der Waals surface area contributed by atoms with Crippen molar-refractivity contribution < 1.29 is 18.7 Å². The summed E-state index contributed by atoms with van der Waals surface area (Å²) in [6, 6.07) is 2.19. The second-order valence-corrected chi connectivity index (χ2v) is 2.57. The van der Waals surface area contributed by atoms with Crippen LogP contribution in [0.15, 0.2) is 12.1 Å². The first-order valence-corrected chi connectivity index (χ1v) is 3.73. The van der Waals surface area contributed by atoms with E-state index >= 15 is 0 Å². The van der Waals surface area contributed by atoms with Gasteiger partial charge in [-0.3, -0.25) is 4.79 Å². The molecule has 0 fully saturated rings. The van der Waals surface area contributed by atoms with Crippen LogP contribution in [-0.4, -0.2) is 18.0 Å². The van der Waals surface area contributed by atoms with Gasteiger partial charge < -0.3 is 5.11 Å². The average molecular weight is 186 g/mol. The molecule has 0 heterocycles. The molecule has 0 amide bonds. The first kappa shape index (κ1) is 9.80. The number of aliphatic hydroxyl groups excluding tert-OH is 1. The van der Waals surface area contributed by atoms with Gasteiger partial charge in [0.05, 0.1) is 5.56 Å². The lowest BCUT2D eigenvalue weighted by atomic mass is 10.1. The number of rotatable bonds is 3. The Kier molecular flexibility index (Phi) is 3.08. The molecule has 4 heteroatoms. The summed E-state index contributed by atoms with van der Waals surface area (Å²) >= 11 is 0. The van der Waals surface area contributed by atoms with Crippen LogP contribution >= 0.6 is 0 Å². The highest BCUT2D eigenvalue weighted by molar-refractivity contribution is 5.75. The summed E-state index contributed by atoms with van der Waals surface area (Å²) in [5.74, 6) is -2.20. The van der Waals surface area contributed by atoms with Crippen molar-refractivity contribution in [1.82, 2.24) is 0 Å². The smallest absolute Gasteiger partial charge is 0.169 e. The second kappa shape index (κ2) is 4.09. The molecule has 2 nitrogen and oxygen atoms in total. The van der Waals surface area contributed by atoms with E-state index in [1.165, 1.54) is 6.07 Å². The van der Waals surface area contributed by atoms with E-state index in [1.807, 2.05) is 0 Å². The zero-order valence-electron chi connectivity index (χ0n) is 6.76. The van der Waals surface area contributed by atoms with Crippen LogP contribution in [0.3, 0.4) is 0 Å². The van der Waals surface area contributed by atoms with E-state index in [2.05, 4.69) is 0 Å². The predicted octanol–water partition coefficient (Wildman–Crippen LogP) is 1.31. The number of carbonyl (C=O) groups is 1. The molecule has 13 heavy (non-hydrogen) atoms. The van der Waals surface area contributed by atoms with Crippen LogP contribution in [0.2, 0.25) is 0 Å². The Morgan fingerprint density at radius 3 is 2.62 bits per heavy atom. The normalized spacial score (nSPS) is 10.1. The van der Waals surface area contributed by atoms with Crippen molar-refractivity contribution in [3.05, 3.63) is 34.9 Å². The fourth-order valence-electron chi connectivity index (χ4n) is 1.03. The van der Waals surface area contributed by atoms with Gasteiger partial charge in [-0.2, -0.15) is 0 Å². The van der Waals surface area contributed by atoms with Crippen LogP contribution < -0.4 is 0 Å². The number of aldehydes is 1. The maximum Gasteiger partial charge on any atom is 0.169 e. The van der Waals surface area contributed by atoms with Gasteiger partial charge in [0.25, 0.3) is 0 Å². The third-order valence-corrected chi connectivity index (χ3v) is 1.64. The van der Waals surface area contributed by atoms with Gasteiger partial charge in [0.2, 0.25) is 0 Å². The summed E-state index contributed by atoms with van der Waals surface area (Å²) in [5, 5.41) is 8.54. The maximum atomic E-state index is 12.8. The van der Waals surface area contributed by atoms with Crippen molar-refractivity contribution >= 4 is 6.29 Å². The van der Waals surface area contributed by atoms with Crippen molar-refractivity contribution in [2.24, 2.45) is 0 Å². The van der Waals surface area contributed by atoms with Gasteiger partial charge in [0, 0.05) is 6.61 Å². The van der Waals surface area contributed by atoms with Crippen molar-refractivity contribution in [2.45, 2.75) is 6.42 Å². The molecule has 0 saturated heterocycles. The van der Waals surface area contributed by atoms with Gasteiger partial charge in [0.1, 0.15) is 0 Å². The quantitative estimate of drug-likeness (QED) is 0.722. The van der Waals surface area contributed by atoms with Gasteiger partial charge in [-0.1, -0.05) is 0 Å². The molecule has 0 aliphatic rings. The minimum absolute atomic E-state index is 0.163. The fourth-order valence-corrected chi connectivity index (χ4v) is 1.03. The Bertz CT molecular complexity index is 324. The number of hydrogen-bond acceptors (Lipinski definition) is 2. The molecule has 0 bridgehead atoms. The topological polar surface area (TPSA) is 37.3 Å². The molecule has 0 aliphatic heterocycles. The Labute approximate surface area is 73.8 Å². The van der Waals surface area contributed by atoms with Crippen LogP contribution in [0.25, 0.3) is 0 Å². The van der Waals surface area contributed by atoms with E-state index in [0.717, 1.165) is 6.07 Å². The number of hydrogen-bond donors (Lipinski definition) is 1. The molecule has 0 aromatic heterocycles. The van der Waals surface area contributed by atoms with E-state index in [1.54, 1.807) is 0 Å². The van der Waals surface area contributed by atoms with E-state index in [9.17, 15) is 13.6 Å². The van der Waals surface area contributed by atoms with Crippen molar-refractivity contribution in [3.63, 3.8) is 0 Å². The summed E-state index contributed by atoms with van der Waals surface area (Å²) in [7, 11) is 0. The molecule has 0 aliphatic carbocycles. The first-order chi connectivity index (χ1) is 6.19. The summed E-state index contributed by atoms with van der Waals surface area (Å²) in [5.41, 5.74) is 0.0898. The van der Waals surface area contributed by atoms with Crippen LogP contribution in [0, 0.1) is 11.6 Å². The molecule has 0 atom stereocenters. The lowest BCUT2D eigenvalue weighted by molar-refractivity contribution is 0.111. The SMILES string of the molecule is O=Cc1cc(CCO)cc(F)c1F. The van der Waals surface area contributed by atoms with Gasteiger partial charge in [-0.25, -0.2) is 8.78 Å². The molecular weight excluding hydrogens is 178 g/mol. The molecule has 0 spiro atoms.